The van der Waals surface area contributed by atoms with Gasteiger partial charge in [-0.05, 0) is 6.07 Å². The van der Waals surface area contributed by atoms with Gasteiger partial charge in [0, 0.05) is 18.2 Å². The molecule has 21 heavy (non-hydrogen) atoms. The van der Waals surface area contributed by atoms with Crippen LogP contribution in [0.1, 0.15) is 11.6 Å². The molecule has 6 nitrogen and oxygen atoms in total. The number of rotatable bonds is 6. The van der Waals surface area contributed by atoms with Crippen LogP contribution in [0.2, 0.25) is 0 Å². The van der Waals surface area contributed by atoms with Gasteiger partial charge in [-0.25, -0.2) is 0 Å². The maximum atomic E-state index is 5.94. The Morgan fingerprint density at radius 3 is 2.43 bits per heavy atom. The lowest BCUT2D eigenvalue weighted by Gasteiger charge is -2.27. The topological polar surface area (TPSA) is 69.3 Å². The van der Waals surface area contributed by atoms with Crippen molar-refractivity contribution >= 4 is 5.96 Å². The number of aliphatic imine (C=N–C) groups is 1. The van der Waals surface area contributed by atoms with Gasteiger partial charge in [-0.2, -0.15) is 0 Å². The number of guanidine groups is 1. The van der Waals surface area contributed by atoms with Crippen molar-refractivity contribution in [3.05, 3.63) is 30.4 Å². The number of ether oxygens (including phenoxy) is 3. The van der Waals surface area contributed by atoms with Crippen molar-refractivity contribution in [3.63, 3.8) is 0 Å². The Kier molecular flexibility index (Phi) is 4.57. The molecule has 1 aromatic carbocycles. The quantitative estimate of drug-likeness (QED) is 0.806. The summed E-state index contributed by atoms with van der Waals surface area (Å²) < 4.78 is 16.2. The molecule has 1 aliphatic heterocycles. The summed E-state index contributed by atoms with van der Waals surface area (Å²) in [5.41, 5.74) is 6.90. The second-order valence-corrected chi connectivity index (χ2v) is 4.60. The van der Waals surface area contributed by atoms with E-state index in [0.717, 1.165) is 11.3 Å². The number of benzene rings is 1. The summed E-state index contributed by atoms with van der Waals surface area (Å²) in [6, 6.07) is 3.72. The zero-order chi connectivity index (χ0) is 15.4. The molecule has 0 fully saturated rings. The first-order valence-corrected chi connectivity index (χ1v) is 6.63. The van der Waals surface area contributed by atoms with Crippen LogP contribution >= 0.6 is 0 Å². The first-order chi connectivity index (χ1) is 10.2. The van der Waals surface area contributed by atoms with Crippen molar-refractivity contribution in [2.24, 2.45) is 10.7 Å². The Hall–Kier alpha value is -2.37. The zero-order valence-corrected chi connectivity index (χ0v) is 12.6. The largest absolute Gasteiger partial charge is 0.496 e. The number of nitrogens with two attached hydrogens (primary N) is 1. The highest BCUT2D eigenvalue weighted by molar-refractivity contribution is 5.81. The first kappa shape index (κ1) is 15.0. The van der Waals surface area contributed by atoms with Crippen LogP contribution in [0.5, 0.6) is 17.2 Å². The molecule has 0 radical (unpaired) electrons. The number of hydrogen-bond acceptors (Lipinski definition) is 6. The van der Waals surface area contributed by atoms with E-state index in [1.54, 1.807) is 27.4 Å². The highest BCUT2D eigenvalue weighted by Crippen LogP contribution is 2.40. The summed E-state index contributed by atoms with van der Waals surface area (Å²) in [4.78, 5) is 6.30. The maximum Gasteiger partial charge on any atom is 0.192 e. The first-order valence-electron chi connectivity index (χ1n) is 6.63. The van der Waals surface area contributed by atoms with E-state index in [1.807, 2.05) is 17.0 Å². The van der Waals surface area contributed by atoms with Gasteiger partial charge in [0.25, 0.3) is 0 Å². The molecule has 1 unspecified atom stereocenters. The highest BCUT2D eigenvalue weighted by Gasteiger charge is 2.30. The summed E-state index contributed by atoms with van der Waals surface area (Å²) in [5.74, 6) is 2.51. The maximum absolute atomic E-state index is 5.94. The van der Waals surface area contributed by atoms with Crippen LogP contribution in [0, 0.1) is 0 Å². The average molecular weight is 291 g/mol. The smallest absolute Gasteiger partial charge is 0.192 e. The van der Waals surface area contributed by atoms with E-state index in [4.69, 9.17) is 19.9 Å². The molecule has 0 aromatic heterocycles. The van der Waals surface area contributed by atoms with E-state index >= 15 is 0 Å². The van der Waals surface area contributed by atoms with E-state index in [9.17, 15) is 0 Å². The monoisotopic (exact) mass is 291 g/mol. The summed E-state index contributed by atoms with van der Waals surface area (Å²) in [6.45, 7) is 4.96. The van der Waals surface area contributed by atoms with Gasteiger partial charge >= 0.3 is 0 Å². The molecule has 0 bridgehead atoms. The minimum atomic E-state index is -0.00208. The molecule has 1 aromatic rings. The Bertz CT molecular complexity index is 557. The standard InChI is InChI=1S/C15H21N3O3/c1-5-6-18-11(9-17-15(18)16)10-7-13(20-3)14(21-4)8-12(10)19-2/h5,7-8,11H,1,6,9H2,2-4H3,(H2,16,17). The molecule has 0 spiro atoms. The third-order valence-corrected chi connectivity index (χ3v) is 3.52. The van der Waals surface area contributed by atoms with Crippen molar-refractivity contribution in [1.29, 1.82) is 0 Å². The predicted molar refractivity (Wildman–Crippen MR) is 82.2 cm³/mol. The zero-order valence-electron chi connectivity index (χ0n) is 12.6. The van der Waals surface area contributed by atoms with E-state index in [1.165, 1.54) is 0 Å². The summed E-state index contributed by atoms with van der Waals surface area (Å²) in [6.07, 6.45) is 1.80. The Labute approximate surface area is 124 Å². The molecule has 1 heterocycles. The van der Waals surface area contributed by atoms with Crippen molar-refractivity contribution in [2.45, 2.75) is 6.04 Å². The van der Waals surface area contributed by atoms with Gasteiger partial charge in [0.15, 0.2) is 17.5 Å². The lowest BCUT2D eigenvalue weighted by molar-refractivity contribution is 0.332. The van der Waals surface area contributed by atoms with Gasteiger partial charge in [0.1, 0.15) is 5.75 Å². The fourth-order valence-electron chi connectivity index (χ4n) is 2.47. The molecule has 0 amide bonds. The molecule has 1 atom stereocenters. The predicted octanol–water partition coefficient (Wildman–Crippen LogP) is 1.57. The summed E-state index contributed by atoms with van der Waals surface area (Å²) in [7, 11) is 4.83. The third-order valence-electron chi connectivity index (χ3n) is 3.52. The Morgan fingerprint density at radius 1 is 1.24 bits per heavy atom. The van der Waals surface area contributed by atoms with Crippen LogP contribution in [0.15, 0.2) is 29.8 Å². The molecule has 114 valence electrons. The normalized spacial score (nSPS) is 17.4. The SMILES string of the molecule is C=CCN1C(N)=NCC1c1cc(OC)c(OC)cc1OC. The Balaban J connectivity index is 2.45. The Morgan fingerprint density at radius 2 is 1.86 bits per heavy atom. The molecule has 1 aliphatic rings. The lowest BCUT2D eigenvalue weighted by Crippen LogP contribution is -2.36. The van der Waals surface area contributed by atoms with Crippen LogP contribution < -0.4 is 19.9 Å². The number of hydrogen-bond donors (Lipinski definition) is 1. The lowest BCUT2D eigenvalue weighted by atomic mass is 10.0. The highest BCUT2D eigenvalue weighted by atomic mass is 16.5. The molecular formula is C15H21N3O3. The van der Waals surface area contributed by atoms with Gasteiger partial charge in [0.05, 0.1) is 33.9 Å². The van der Waals surface area contributed by atoms with Gasteiger partial charge < -0.3 is 24.8 Å². The van der Waals surface area contributed by atoms with E-state index < -0.39 is 0 Å². The second kappa shape index (κ2) is 6.39. The van der Waals surface area contributed by atoms with Crippen LogP contribution in [0.4, 0.5) is 0 Å². The van der Waals surface area contributed by atoms with Crippen molar-refractivity contribution in [3.8, 4) is 17.2 Å². The number of nitrogens with zero attached hydrogens (tertiary/aromatic N) is 2. The van der Waals surface area contributed by atoms with Gasteiger partial charge in [-0.1, -0.05) is 6.08 Å². The molecule has 0 saturated heterocycles. The van der Waals surface area contributed by atoms with Crippen molar-refractivity contribution in [2.75, 3.05) is 34.4 Å². The van der Waals surface area contributed by atoms with E-state index in [2.05, 4.69) is 11.6 Å². The molecule has 2 rings (SSSR count). The molecule has 0 saturated carbocycles. The van der Waals surface area contributed by atoms with Crippen LogP contribution in [0.3, 0.4) is 0 Å². The minimum Gasteiger partial charge on any atom is -0.496 e. The molecule has 2 N–H and O–H groups in total. The van der Waals surface area contributed by atoms with Crippen molar-refractivity contribution in [1.82, 2.24) is 4.90 Å². The van der Waals surface area contributed by atoms with Crippen LogP contribution in [0.25, 0.3) is 0 Å². The fourth-order valence-corrected chi connectivity index (χ4v) is 2.47. The van der Waals surface area contributed by atoms with Gasteiger partial charge in [-0.3, -0.25) is 4.99 Å². The summed E-state index contributed by atoms with van der Waals surface area (Å²) >= 11 is 0. The van der Waals surface area contributed by atoms with Gasteiger partial charge in [-0.15, -0.1) is 6.58 Å². The van der Waals surface area contributed by atoms with Gasteiger partial charge in [0.2, 0.25) is 0 Å². The van der Waals surface area contributed by atoms with Crippen LogP contribution in [-0.2, 0) is 0 Å². The summed E-state index contributed by atoms with van der Waals surface area (Å²) in [5, 5.41) is 0. The molecule has 0 aliphatic carbocycles. The average Bonchev–Trinajstić information content (AvgIpc) is 2.87. The second-order valence-electron chi connectivity index (χ2n) is 4.60. The molecule has 6 heteroatoms. The fraction of sp³-hybridized carbons (Fsp3) is 0.400. The number of methoxy groups -OCH3 is 3. The van der Waals surface area contributed by atoms with Crippen LogP contribution in [-0.4, -0.2) is 45.3 Å². The molecular weight excluding hydrogens is 270 g/mol. The minimum absolute atomic E-state index is 0.00208. The third kappa shape index (κ3) is 2.74. The van der Waals surface area contributed by atoms with Crippen molar-refractivity contribution < 1.29 is 14.2 Å². The van der Waals surface area contributed by atoms with E-state index in [0.29, 0.717) is 30.5 Å². The van der Waals surface area contributed by atoms with E-state index in [-0.39, 0.29) is 6.04 Å².